The summed E-state index contributed by atoms with van der Waals surface area (Å²) in [5.74, 6) is -0.240. The number of aromatic nitrogens is 1. The number of methoxy groups -OCH3 is 1. The maximum Gasteiger partial charge on any atom is 0.325 e. The van der Waals surface area contributed by atoms with Crippen LogP contribution in [0.4, 0.5) is 0 Å². The van der Waals surface area contributed by atoms with E-state index in [4.69, 9.17) is 10.5 Å². The highest BCUT2D eigenvalue weighted by molar-refractivity contribution is 5.86. The van der Waals surface area contributed by atoms with Gasteiger partial charge in [-0.3, -0.25) is 4.79 Å². The van der Waals surface area contributed by atoms with Crippen LogP contribution in [0.15, 0.2) is 24.4 Å². The molecule has 0 bridgehead atoms. The third kappa shape index (κ3) is 2.79. The molecule has 1 heterocycles. The summed E-state index contributed by atoms with van der Waals surface area (Å²) in [7, 11) is 1.41. The van der Waals surface area contributed by atoms with Crippen molar-refractivity contribution in [3.63, 3.8) is 0 Å². The molecule has 0 aliphatic rings. The van der Waals surface area contributed by atoms with E-state index in [1.165, 1.54) is 23.6 Å². The van der Waals surface area contributed by atoms with Gasteiger partial charge in [0.15, 0.2) is 0 Å². The summed E-state index contributed by atoms with van der Waals surface area (Å²) < 4.78 is 6.67. The lowest BCUT2D eigenvalue weighted by Crippen LogP contribution is -2.10. The van der Waals surface area contributed by atoms with E-state index in [-0.39, 0.29) is 12.5 Å². The Bertz CT molecular complexity index is 587. The molecular weight excluding hydrogens is 240 g/mol. The van der Waals surface area contributed by atoms with Gasteiger partial charge < -0.3 is 15.0 Å². The Kier molecular flexibility index (Phi) is 4.22. The Morgan fingerprint density at radius 1 is 1.42 bits per heavy atom. The maximum atomic E-state index is 11.4. The molecule has 0 saturated carbocycles. The van der Waals surface area contributed by atoms with Crippen LogP contribution in [-0.4, -0.2) is 24.2 Å². The smallest absolute Gasteiger partial charge is 0.325 e. The molecule has 4 nitrogen and oxygen atoms in total. The van der Waals surface area contributed by atoms with E-state index in [1.807, 2.05) is 10.8 Å². The highest BCUT2D eigenvalue weighted by Gasteiger charge is 2.11. The van der Waals surface area contributed by atoms with E-state index in [0.29, 0.717) is 6.54 Å². The molecule has 1 aromatic heterocycles. The number of nitrogens with two attached hydrogens (primary N) is 1. The average molecular weight is 260 g/mol. The minimum absolute atomic E-state index is 0.239. The quantitative estimate of drug-likeness (QED) is 0.835. The van der Waals surface area contributed by atoms with Crippen LogP contribution >= 0.6 is 0 Å². The van der Waals surface area contributed by atoms with Gasteiger partial charge in [-0.05, 0) is 42.6 Å². The number of carbonyl (C=O) groups is 1. The highest BCUT2D eigenvalue weighted by atomic mass is 16.5. The number of rotatable bonds is 5. The summed E-state index contributed by atoms with van der Waals surface area (Å²) in [6.07, 6.45) is 3.83. The molecule has 102 valence electrons. The second kappa shape index (κ2) is 5.89. The Morgan fingerprint density at radius 3 is 2.84 bits per heavy atom. The number of aryl methyl sites for hydroxylation is 1. The van der Waals surface area contributed by atoms with Gasteiger partial charge >= 0.3 is 5.97 Å². The van der Waals surface area contributed by atoms with E-state index in [2.05, 4.69) is 25.1 Å². The van der Waals surface area contributed by atoms with Crippen molar-refractivity contribution in [1.29, 1.82) is 0 Å². The normalized spacial score (nSPS) is 10.9. The van der Waals surface area contributed by atoms with E-state index >= 15 is 0 Å². The van der Waals surface area contributed by atoms with Crippen molar-refractivity contribution in [3.05, 3.63) is 35.5 Å². The predicted octanol–water partition coefficient (Wildman–Crippen LogP) is 1.88. The van der Waals surface area contributed by atoms with Gasteiger partial charge in [0.05, 0.1) is 7.11 Å². The predicted molar refractivity (Wildman–Crippen MR) is 76.1 cm³/mol. The molecule has 0 aliphatic heterocycles. The van der Waals surface area contributed by atoms with Gasteiger partial charge in [-0.2, -0.15) is 0 Å². The standard InChI is InChI=1S/C15H20N2O2/c1-3-11-4-5-14-13(8-11)12(6-7-16)9-17(14)10-15(18)19-2/h4-5,8-9H,3,6-7,10,16H2,1-2H3. The van der Waals surface area contributed by atoms with Crippen molar-refractivity contribution < 1.29 is 9.53 Å². The molecule has 0 amide bonds. The lowest BCUT2D eigenvalue weighted by molar-refractivity contribution is -0.141. The van der Waals surface area contributed by atoms with Crippen molar-refractivity contribution in [2.45, 2.75) is 26.3 Å². The summed E-state index contributed by atoms with van der Waals surface area (Å²) in [4.78, 5) is 11.4. The Balaban J connectivity index is 2.49. The van der Waals surface area contributed by atoms with E-state index in [0.717, 1.165) is 18.4 Å². The van der Waals surface area contributed by atoms with E-state index < -0.39 is 0 Å². The third-order valence-electron chi connectivity index (χ3n) is 3.38. The molecule has 1 aromatic carbocycles. The van der Waals surface area contributed by atoms with Crippen LogP contribution in [0.25, 0.3) is 10.9 Å². The lowest BCUT2D eigenvalue weighted by Gasteiger charge is -2.04. The molecule has 0 atom stereocenters. The zero-order valence-electron chi connectivity index (χ0n) is 11.5. The zero-order valence-corrected chi connectivity index (χ0v) is 11.5. The van der Waals surface area contributed by atoms with Crippen LogP contribution in [0.2, 0.25) is 0 Å². The first-order valence-corrected chi connectivity index (χ1v) is 6.57. The number of benzene rings is 1. The average Bonchev–Trinajstić information content (AvgIpc) is 2.76. The summed E-state index contributed by atoms with van der Waals surface area (Å²) in [5.41, 5.74) is 9.20. The first kappa shape index (κ1) is 13.6. The molecule has 2 rings (SSSR count). The van der Waals surface area contributed by atoms with Gasteiger partial charge in [0.1, 0.15) is 6.54 Å². The number of ether oxygens (including phenoxy) is 1. The molecular formula is C15H20N2O2. The monoisotopic (exact) mass is 260 g/mol. The second-order valence-corrected chi connectivity index (χ2v) is 4.60. The van der Waals surface area contributed by atoms with Gasteiger partial charge in [0, 0.05) is 17.1 Å². The Morgan fingerprint density at radius 2 is 2.21 bits per heavy atom. The fourth-order valence-electron chi connectivity index (χ4n) is 2.33. The number of hydrogen-bond donors (Lipinski definition) is 1. The molecule has 2 N–H and O–H groups in total. The summed E-state index contributed by atoms with van der Waals surface area (Å²) in [6.45, 7) is 2.98. The lowest BCUT2D eigenvalue weighted by atomic mass is 10.1. The summed E-state index contributed by atoms with van der Waals surface area (Å²) in [6, 6.07) is 6.35. The van der Waals surface area contributed by atoms with Crippen molar-refractivity contribution >= 4 is 16.9 Å². The molecule has 0 unspecified atom stereocenters. The minimum atomic E-state index is -0.240. The van der Waals surface area contributed by atoms with Crippen LogP contribution in [0.5, 0.6) is 0 Å². The molecule has 0 radical (unpaired) electrons. The first-order valence-electron chi connectivity index (χ1n) is 6.57. The van der Waals surface area contributed by atoms with Crippen LogP contribution in [-0.2, 0) is 28.9 Å². The Labute approximate surface area is 113 Å². The first-order chi connectivity index (χ1) is 9.19. The molecule has 19 heavy (non-hydrogen) atoms. The van der Waals surface area contributed by atoms with Crippen molar-refractivity contribution in [1.82, 2.24) is 4.57 Å². The van der Waals surface area contributed by atoms with Gasteiger partial charge in [-0.1, -0.05) is 13.0 Å². The molecule has 0 aliphatic carbocycles. The van der Waals surface area contributed by atoms with Gasteiger partial charge in [-0.15, -0.1) is 0 Å². The highest BCUT2D eigenvalue weighted by Crippen LogP contribution is 2.23. The summed E-state index contributed by atoms with van der Waals surface area (Å²) in [5, 5.41) is 1.19. The van der Waals surface area contributed by atoms with E-state index in [9.17, 15) is 4.79 Å². The number of nitrogens with zero attached hydrogens (tertiary/aromatic N) is 1. The van der Waals surface area contributed by atoms with Crippen LogP contribution in [0.1, 0.15) is 18.1 Å². The number of carbonyl (C=O) groups excluding carboxylic acids is 1. The third-order valence-corrected chi connectivity index (χ3v) is 3.38. The molecule has 4 heteroatoms. The molecule has 0 fully saturated rings. The number of hydrogen-bond acceptors (Lipinski definition) is 3. The topological polar surface area (TPSA) is 57.2 Å². The van der Waals surface area contributed by atoms with E-state index in [1.54, 1.807) is 0 Å². The van der Waals surface area contributed by atoms with Crippen LogP contribution in [0.3, 0.4) is 0 Å². The van der Waals surface area contributed by atoms with Gasteiger partial charge in [0.2, 0.25) is 0 Å². The largest absolute Gasteiger partial charge is 0.468 e. The van der Waals surface area contributed by atoms with Crippen molar-refractivity contribution in [3.8, 4) is 0 Å². The van der Waals surface area contributed by atoms with Crippen molar-refractivity contribution in [2.75, 3.05) is 13.7 Å². The minimum Gasteiger partial charge on any atom is -0.468 e. The fraction of sp³-hybridized carbons (Fsp3) is 0.400. The number of fused-ring (bicyclic) bond motifs is 1. The molecule has 0 saturated heterocycles. The van der Waals surface area contributed by atoms with Crippen molar-refractivity contribution in [2.24, 2.45) is 5.73 Å². The molecule has 0 spiro atoms. The number of esters is 1. The van der Waals surface area contributed by atoms with Gasteiger partial charge in [0.25, 0.3) is 0 Å². The van der Waals surface area contributed by atoms with Crippen LogP contribution in [0, 0.1) is 0 Å². The molecule has 2 aromatic rings. The Hall–Kier alpha value is -1.81. The van der Waals surface area contributed by atoms with Gasteiger partial charge in [-0.25, -0.2) is 0 Å². The maximum absolute atomic E-state index is 11.4. The SMILES string of the molecule is CCc1ccc2c(c1)c(CCN)cn2CC(=O)OC. The second-order valence-electron chi connectivity index (χ2n) is 4.60. The fourth-order valence-corrected chi connectivity index (χ4v) is 2.33. The zero-order chi connectivity index (χ0) is 13.8. The van der Waals surface area contributed by atoms with Crippen LogP contribution < -0.4 is 5.73 Å². The summed E-state index contributed by atoms with van der Waals surface area (Å²) >= 11 is 0.